The lowest BCUT2D eigenvalue weighted by molar-refractivity contribution is 0.0453. The molecule has 5 nitrogen and oxygen atoms in total. The van der Waals surface area contributed by atoms with Gasteiger partial charge in [0.15, 0.2) is 5.96 Å². The van der Waals surface area contributed by atoms with Crippen LogP contribution in [0, 0.1) is 0 Å². The van der Waals surface area contributed by atoms with Gasteiger partial charge in [0, 0.05) is 39.2 Å². The molecule has 1 atom stereocenters. The van der Waals surface area contributed by atoms with Crippen molar-refractivity contribution in [2.75, 3.05) is 40.0 Å². The zero-order valence-corrected chi connectivity index (χ0v) is 17.6. The van der Waals surface area contributed by atoms with Crippen LogP contribution in [0.2, 0.25) is 0 Å². The molecule has 1 aliphatic heterocycles. The molecule has 1 aliphatic rings. The molecule has 0 amide bonds. The van der Waals surface area contributed by atoms with Gasteiger partial charge in [-0.15, -0.1) is 0 Å². The first-order chi connectivity index (χ1) is 14.3. The molecule has 1 heterocycles. The topological polar surface area (TPSA) is 46.1 Å². The van der Waals surface area contributed by atoms with Gasteiger partial charge >= 0.3 is 0 Å². The van der Waals surface area contributed by atoms with Gasteiger partial charge in [-0.3, -0.25) is 4.99 Å². The average Bonchev–Trinajstić information content (AvgIpc) is 3.25. The van der Waals surface area contributed by atoms with E-state index < -0.39 is 0 Å². The van der Waals surface area contributed by atoms with Crippen LogP contribution < -0.4 is 5.32 Å². The van der Waals surface area contributed by atoms with E-state index in [1.807, 2.05) is 14.0 Å². The SMILES string of the molecule is CCOCCOCc1cccc(CNC(=NC)N2CCC(c3ccccc3)C2)c1. The predicted molar refractivity (Wildman–Crippen MR) is 118 cm³/mol. The van der Waals surface area contributed by atoms with E-state index in [2.05, 4.69) is 69.8 Å². The Balaban J connectivity index is 1.48. The maximum atomic E-state index is 5.68. The third-order valence-corrected chi connectivity index (χ3v) is 5.26. The van der Waals surface area contributed by atoms with E-state index in [0.717, 1.165) is 32.2 Å². The smallest absolute Gasteiger partial charge is 0.193 e. The van der Waals surface area contributed by atoms with E-state index in [1.165, 1.54) is 23.1 Å². The predicted octanol–water partition coefficient (Wildman–Crippen LogP) is 3.80. The minimum Gasteiger partial charge on any atom is -0.379 e. The summed E-state index contributed by atoms with van der Waals surface area (Å²) in [5.74, 6) is 1.55. The largest absolute Gasteiger partial charge is 0.379 e. The van der Waals surface area contributed by atoms with Gasteiger partial charge < -0.3 is 19.7 Å². The summed E-state index contributed by atoms with van der Waals surface area (Å²) in [4.78, 5) is 6.87. The van der Waals surface area contributed by atoms with Gasteiger partial charge in [0.1, 0.15) is 0 Å². The van der Waals surface area contributed by atoms with Crippen LogP contribution in [0.3, 0.4) is 0 Å². The number of nitrogens with zero attached hydrogens (tertiary/aromatic N) is 2. The van der Waals surface area contributed by atoms with Crippen LogP contribution in [0.1, 0.15) is 36.0 Å². The summed E-state index contributed by atoms with van der Waals surface area (Å²) in [6, 6.07) is 19.3. The molecule has 1 saturated heterocycles. The van der Waals surface area contributed by atoms with Crippen molar-refractivity contribution in [3.63, 3.8) is 0 Å². The fourth-order valence-electron chi connectivity index (χ4n) is 3.74. The molecule has 0 aromatic heterocycles. The highest BCUT2D eigenvalue weighted by Crippen LogP contribution is 2.26. The number of hydrogen-bond donors (Lipinski definition) is 1. The highest BCUT2D eigenvalue weighted by atomic mass is 16.5. The van der Waals surface area contributed by atoms with Crippen LogP contribution in [0.25, 0.3) is 0 Å². The molecular weight excluding hydrogens is 362 g/mol. The monoisotopic (exact) mass is 395 g/mol. The first-order valence-corrected chi connectivity index (χ1v) is 10.5. The van der Waals surface area contributed by atoms with Crippen LogP contribution in [-0.2, 0) is 22.6 Å². The Morgan fingerprint density at radius 1 is 1.07 bits per heavy atom. The van der Waals surface area contributed by atoms with Crippen molar-refractivity contribution in [2.24, 2.45) is 4.99 Å². The van der Waals surface area contributed by atoms with Crippen LogP contribution in [0.15, 0.2) is 59.6 Å². The fourth-order valence-corrected chi connectivity index (χ4v) is 3.74. The Morgan fingerprint density at radius 2 is 1.86 bits per heavy atom. The normalized spacial score (nSPS) is 17.0. The number of guanidine groups is 1. The lowest BCUT2D eigenvalue weighted by Gasteiger charge is -2.22. The Bertz CT molecular complexity index is 764. The molecule has 1 N–H and O–H groups in total. The molecule has 5 heteroatoms. The lowest BCUT2D eigenvalue weighted by atomic mass is 9.99. The lowest BCUT2D eigenvalue weighted by Crippen LogP contribution is -2.39. The van der Waals surface area contributed by atoms with Gasteiger partial charge in [-0.25, -0.2) is 0 Å². The summed E-state index contributed by atoms with van der Waals surface area (Å²) in [5.41, 5.74) is 3.83. The van der Waals surface area contributed by atoms with E-state index in [-0.39, 0.29) is 0 Å². The Hall–Kier alpha value is -2.37. The number of likely N-dealkylation sites (tertiary alicyclic amines) is 1. The van der Waals surface area contributed by atoms with Crippen LogP contribution in [0.4, 0.5) is 0 Å². The number of ether oxygens (including phenoxy) is 2. The van der Waals surface area contributed by atoms with E-state index in [4.69, 9.17) is 9.47 Å². The number of aliphatic imine (C=N–C) groups is 1. The van der Waals surface area contributed by atoms with Crippen molar-refractivity contribution in [3.8, 4) is 0 Å². The van der Waals surface area contributed by atoms with Gasteiger partial charge in [-0.2, -0.15) is 0 Å². The highest BCUT2D eigenvalue weighted by molar-refractivity contribution is 5.80. The van der Waals surface area contributed by atoms with E-state index in [9.17, 15) is 0 Å². The Kier molecular flexibility index (Phi) is 8.53. The second-order valence-corrected chi connectivity index (χ2v) is 7.31. The van der Waals surface area contributed by atoms with Gasteiger partial charge in [-0.1, -0.05) is 54.6 Å². The summed E-state index contributed by atoms with van der Waals surface area (Å²) < 4.78 is 11.0. The highest BCUT2D eigenvalue weighted by Gasteiger charge is 2.25. The summed E-state index contributed by atoms with van der Waals surface area (Å²) >= 11 is 0. The molecular formula is C24H33N3O2. The molecule has 2 aromatic carbocycles. The van der Waals surface area contributed by atoms with Crippen LogP contribution in [0.5, 0.6) is 0 Å². The third kappa shape index (κ3) is 6.58. The standard InChI is InChI=1S/C24H33N3O2/c1-3-28-14-15-29-19-21-9-7-8-20(16-21)17-26-24(25-2)27-13-12-23(18-27)22-10-5-4-6-11-22/h4-11,16,23H,3,12-15,17-19H2,1-2H3,(H,25,26). The maximum Gasteiger partial charge on any atom is 0.193 e. The molecule has 0 bridgehead atoms. The van der Waals surface area contributed by atoms with Crippen LogP contribution >= 0.6 is 0 Å². The molecule has 1 unspecified atom stereocenters. The molecule has 0 radical (unpaired) electrons. The molecule has 0 aliphatic carbocycles. The van der Waals surface area contributed by atoms with Crippen LogP contribution in [-0.4, -0.2) is 50.8 Å². The molecule has 2 aromatic rings. The van der Waals surface area contributed by atoms with Crippen molar-refractivity contribution < 1.29 is 9.47 Å². The van der Waals surface area contributed by atoms with Crippen molar-refractivity contribution in [2.45, 2.75) is 32.4 Å². The Labute approximate surface area is 174 Å². The summed E-state index contributed by atoms with van der Waals surface area (Å²) in [7, 11) is 1.86. The minimum absolute atomic E-state index is 0.576. The zero-order chi connectivity index (χ0) is 20.3. The molecule has 0 saturated carbocycles. The number of rotatable bonds is 9. The molecule has 0 spiro atoms. The Morgan fingerprint density at radius 3 is 2.66 bits per heavy atom. The third-order valence-electron chi connectivity index (χ3n) is 5.26. The summed E-state index contributed by atoms with van der Waals surface area (Å²) in [6.07, 6.45) is 1.17. The molecule has 29 heavy (non-hydrogen) atoms. The van der Waals surface area contributed by atoms with E-state index in [0.29, 0.717) is 25.7 Å². The number of benzene rings is 2. The first kappa shape index (κ1) is 21.3. The number of nitrogens with one attached hydrogen (secondary N) is 1. The molecule has 1 fully saturated rings. The summed E-state index contributed by atoms with van der Waals surface area (Å²) in [5, 5.41) is 3.53. The summed E-state index contributed by atoms with van der Waals surface area (Å²) in [6.45, 7) is 7.41. The van der Waals surface area contributed by atoms with Gasteiger partial charge in [0.05, 0.1) is 19.8 Å². The fraction of sp³-hybridized carbons (Fsp3) is 0.458. The van der Waals surface area contributed by atoms with E-state index in [1.54, 1.807) is 0 Å². The van der Waals surface area contributed by atoms with Gasteiger partial charge in [0.25, 0.3) is 0 Å². The van der Waals surface area contributed by atoms with Gasteiger partial charge in [0.2, 0.25) is 0 Å². The average molecular weight is 396 g/mol. The van der Waals surface area contributed by atoms with Crippen molar-refractivity contribution in [3.05, 3.63) is 71.3 Å². The first-order valence-electron chi connectivity index (χ1n) is 10.5. The van der Waals surface area contributed by atoms with Crippen molar-refractivity contribution in [1.82, 2.24) is 10.2 Å². The second-order valence-electron chi connectivity index (χ2n) is 7.31. The quantitative estimate of drug-likeness (QED) is 0.398. The van der Waals surface area contributed by atoms with E-state index >= 15 is 0 Å². The molecule has 3 rings (SSSR count). The zero-order valence-electron chi connectivity index (χ0n) is 17.6. The molecule has 156 valence electrons. The maximum absolute atomic E-state index is 5.68. The minimum atomic E-state index is 0.576. The van der Waals surface area contributed by atoms with Gasteiger partial charge in [-0.05, 0) is 30.0 Å². The van der Waals surface area contributed by atoms with Crippen molar-refractivity contribution in [1.29, 1.82) is 0 Å². The van der Waals surface area contributed by atoms with Crippen molar-refractivity contribution >= 4 is 5.96 Å². The number of hydrogen-bond acceptors (Lipinski definition) is 3. The second kappa shape index (κ2) is 11.6.